The molecule has 0 atom stereocenters. The molecule has 0 amide bonds. The first-order valence-electron chi connectivity index (χ1n) is 4.42. The van der Waals surface area contributed by atoms with Gasteiger partial charge >= 0.3 is 0 Å². The summed E-state index contributed by atoms with van der Waals surface area (Å²) < 4.78 is 0. The highest BCUT2D eigenvalue weighted by atomic mass is 32.1. The number of nitrogens with zero attached hydrogens (tertiary/aromatic N) is 4. The van der Waals surface area contributed by atoms with Gasteiger partial charge in [-0.2, -0.15) is 0 Å². The second kappa shape index (κ2) is 3.36. The standard InChI is InChI=1S/C10H6N4S/c1-2-9(15-5-1)10-12-8-6-11-4-3-7(8)13-14-10/h1-6H. The number of hydrogen-bond donors (Lipinski definition) is 0. The molecular weight excluding hydrogens is 208 g/mol. The Morgan fingerprint density at radius 1 is 1.07 bits per heavy atom. The molecule has 0 saturated carbocycles. The van der Waals surface area contributed by atoms with Crippen LogP contribution in [0.1, 0.15) is 0 Å². The van der Waals surface area contributed by atoms with Crippen LogP contribution in [-0.4, -0.2) is 20.2 Å². The molecule has 0 bridgehead atoms. The van der Waals surface area contributed by atoms with E-state index in [0.717, 1.165) is 15.9 Å². The van der Waals surface area contributed by atoms with Gasteiger partial charge in [-0.25, -0.2) is 4.98 Å². The van der Waals surface area contributed by atoms with Crippen molar-refractivity contribution in [3.63, 3.8) is 0 Å². The Kier molecular flexibility index (Phi) is 1.89. The van der Waals surface area contributed by atoms with Crippen molar-refractivity contribution >= 4 is 22.4 Å². The Labute approximate surface area is 89.7 Å². The van der Waals surface area contributed by atoms with E-state index in [2.05, 4.69) is 20.2 Å². The lowest BCUT2D eigenvalue weighted by atomic mass is 10.4. The third-order valence-corrected chi connectivity index (χ3v) is 2.86. The van der Waals surface area contributed by atoms with Crippen LogP contribution in [0.3, 0.4) is 0 Å². The molecule has 0 aromatic carbocycles. The average molecular weight is 214 g/mol. The highest BCUT2D eigenvalue weighted by Crippen LogP contribution is 2.21. The molecule has 3 heterocycles. The molecule has 0 N–H and O–H groups in total. The molecule has 4 nitrogen and oxygen atoms in total. The fraction of sp³-hybridized carbons (Fsp3) is 0. The number of fused-ring (bicyclic) bond motifs is 1. The monoisotopic (exact) mass is 214 g/mol. The summed E-state index contributed by atoms with van der Waals surface area (Å²) in [5.74, 6) is 0.658. The van der Waals surface area contributed by atoms with E-state index in [1.807, 2.05) is 17.5 Å². The van der Waals surface area contributed by atoms with Gasteiger partial charge in [0.25, 0.3) is 0 Å². The molecule has 0 fully saturated rings. The summed E-state index contributed by atoms with van der Waals surface area (Å²) in [6.45, 7) is 0. The molecule has 3 aromatic rings. The second-order valence-electron chi connectivity index (χ2n) is 2.98. The normalized spacial score (nSPS) is 10.7. The van der Waals surface area contributed by atoms with E-state index < -0.39 is 0 Å². The Morgan fingerprint density at radius 3 is 2.93 bits per heavy atom. The van der Waals surface area contributed by atoms with Gasteiger partial charge in [-0.3, -0.25) is 4.98 Å². The second-order valence-corrected chi connectivity index (χ2v) is 3.92. The third-order valence-electron chi connectivity index (χ3n) is 2.00. The number of hydrogen-bond acceptors (Lipinski definition) is 5. The molecule has 15 heavy (non-hydrogen) atoms. The van der Waals surface area contributed by atoms with Gasteiger partial charge in [0.05, 0.1) is 11.1 Å². The summed E-state index contributed by atoms with van der Waals surface area (Å²) in [7, 11) is 0. The van der Waals surface area contributed by atoms with Crippen LogP contribution in [0.5, 0.6) is 0 Å². The molecule has 0 unspecified atom stereocenters. The van der Waals surface area contributed by atoms with Gasteiger partial charge in [0.1, 0.15) is 11.0 Å². The van der Waals surface area contributed by atoms with Gasteiger partial charge in [0.2, 0.25) is 0 Å². The van der Waals surface area contributed by atoms with Crippen LogP contribution in [0.4, 0.5) is 0 Å². The van der Waals surface area contributed by atoms with Crippen molar-refractivity contribution in [2.24, 2.45) is 0 Å². The molecule has 0 radical (unpaired) electrons. The van der Waals surface area contributed by atoms with Crippen molar-refractivity contribution in [3.05, 3.63) is 36.0 Å². The van der Waals surface area contributed by atoms with Crippen LogP contribution in [0.25, 0.3) is 21.7 Å². The molecular formula is C10H6N4S. The fourth-order valence-corrected chi connectivity index (χ4v) is 1.95. The Hall–Kier alpha value is -1.88. The molecule has 0 aliphatic carbocycles. The van der Waals surface area contributed by atoms with E-state index in [9.17, 15) is 0 Å². The van der Waals surface area contributed by atoms with Gasteiger partial charge in [-0.1, -0.05) is 6.07 Å². The maximum absolute atomic E-state index is 4.39. The average Bonchev–Trinajstić information content (AvgIpc) is 2.82. The largest absolute Gasteiger partial charge is 0.262 e. The Bertz CT molecular complexity index is 591. The van der Waals surface area contributed by atoms with Crippen molar-refractivity contribution in [2.45, 2.75) is 0 Å². The van der Waals surface area contributed by atoms with Crippen molar-refractivity contribution in [2.75, 3.05) is 0 Å². The van der Waals surface area contributed by atoms with Crippen molar-refractivity contribution in [3.8, 4) is 10.7 Å². The van der Waals surface area contributed by atoms with E-state index in [1.165, 1.54) is 0 Å². The van der Waals surface area contributed by atoms with E-state index in [1.54, 1.807) is 29.8 Å². The predicted molar refractivity (Wildman–Crippen MR) is 58.4 cm³/mol. The molecule has 3 rings (SSSR count). The summed E-state index contributed by atoms with van der Waals surface area (Å²) in [6.07, 6.45) is 3.38. The van der Waals surface area contributed by atoms with Gasteiger partial charge < -0.3 is 0 Å². The van der Waals surface area contributed by atoms with Crippen molar-refractivity contribution in [1.82, 2.24) is 20.2 Å². The van der Waals surface area contributed by atoms with E-state index in [0.29, 0.717) is 5.82 Å². The maximum Gasteiger partial charge on any atom is 0.192 e. The Morgan fingerprint density at radius 2 is 2.07 bits per heavy atom. The minimum Gasteiger partial charge on any atom is -0.262 e. The molecule has 0 aliphatic rings. The number of thiophene rings is 1. The number of aromatic nitrogens is 4. The summed E-state index contributed by atoms with van der Waals surface area (Å²) in [4.78, 5) is 9.42. The van der Waals surface area contributed by atoms with Crippen LogP contribution < -0.4 is 0 Å². The quantitative estimate of drug-likeness (QED) is 0.622. The molecule has 0 saturated heterocycles. The minimum atomic E-state index is 0.658. The Balaban J connectivity index is 2.22. The zero-order chi connectivity index (χ0) is 10.1. The highest BCUT2D eigenvalue weighted by molar-refractivity contribution is 7.13. The first-order valence-corrected chi connectivity index (χ1v) is 5.30. The lowest BCUT2D eigenvalue weighted by Crippen LogP contribution is -1.92. The zero-order valence-electron chi connectivity index (χ0n) is 7.66. The van der Waals surface area contributed by atoms with E-state index in [4.69, 9.17) is 0 Å². The molecule has 5 heteroatoms. The third kappa shape index (κ3) is 1.46. The molecule has 72 valence electrons. The van der Waals surface area contributed by atoms with E-state index in [-0.39, 0.29) is 0 Å². The van der Waals surface area contributed by atoms with Crippen molar-refractivity contribution < 1.29 is 0 Å². The zero-order valence-corrected chi connectivity index (χ0v) is 8.48. The SMILES string of the molecule is c1csc(-c2nnc3ccncc3n2)c1. The van der Waals surface area contributed by atoms with Crippen LogP contribution in [0.2, 0.25) is 0 Å². The molecule has 3 aromatic heterocycles. The number of rotatable bonds is 1. The number of pyridine rings is 1. The predicted octanol–water partition coefficient (Wildman–Crippen LogP) is 2.15. The van der Waals surface area contributed by atoms with Crippen LogP contribution in [-0.2, 0) is 0 Å². The highest BCUT2D eigenvalue weighted by Gasteiger charge is 2.04. The molecule has 0 aliphatic heterocycles. The fourth-order valence-electron chi connectivity index (χ4n) is 1.30. The first kappa shape index (κ1) is 8.43. The topological polar surface area (TPSA) is 51.6 Å². The van der Waals surface area contributed by atoms with Crippen LogP contribution in [0.15, 0.2) is 36.0 Å². The summed E-state index contributed by atoms with van der Waals surface area (Å²) in [5.41, 5.74) is 1.54. The minimum absolute atomic E-state index is 0.658. The van der Waals surface area contributed by atoms with Crippen molar-refractivity contribution in [1.29, 1.82) is 0 Å². The lowest BCUT2D eigenvalue weighted by Gasteiger charge is -1.96. The summed E-state index contributed by atoms with van der Waals surface area (Å²) in [6, 6.07) is 5.74. The van der Waals surface area contributed by atoms with Crippen LogP contribution in [0, 0.1) is 0 Å². The van der Waals surface area contributed by atoms with Gasteiger partial charge in [0, 0.05) is 6.20 Å². The summed E-state index contributed by atoms with van der Waals surface area (Å²) >= 11 is 1.60. The smallest absolute Gasteiger partial charge is 0.192 e. The molecule has 0 spiro atoms. The summed E-state index contributed by atoms with van der Waals surface area (Å²) in [5, 5.41) is 10.2. The first-order chi connectivity index (χ1) is 7.43. The van der Waals surface area contributed by atoms with Gasteiger partial charge in [-0.15, -0.1) is 21.5 Å². The van der Waals surface area contributed by atoms with Gasteiger partial charge in [-0.05, 0) is 17.5 Å². The van der Waals surface area contributed by atoms with Gasteiger partial charge in [0.15, 0.2) is 5.82 Å². The lowest BCUT2D eigenvalue weighted by molar-refractivity contribution is 1.03. The van der Waals surface area contributed by atoms with Crippen LogP contribution >= 0.6 is 11.3 Å². The maximum atomic E-state index is 4.39. The van der Waals surface area contributed by atoms with E-state index >= 15 is 0 Å².